The SMILES string of the molecule is C[C@@H](c1ccc(F)cc1)N(C)c1ncnc2ccsc12. The molecule has 2 heterocycles. The first kappa shape index (κ1) is 13.0. The summed E-state index contributed by atoms with van der Waals surface area (Å²) < 4.78 is 14.1. The van der Waals surface area contributed by atoms with Crippen molar-refractivity contribution in [3.8, 4) is 0 Å². The molecule has 0 aliphatic heterocycles. The van der Waals surface area contributed by atoms with Gasteiger partial charge in [0.1, 0.15) is 18.0 Å². The van der Waals surface area contributed by atoms with E-state index in [2.05, 4.69) is 21.8 Å². The Kier molecular flexibility index (Phi) is 3.36. The van der Waals surface area contributed by atoms with Crippen molar-refractivity contribution in [1.82, 2.24) is 9.97 Å². The fourth-order valence-corrected chi connectivity index (χ4v) is 3.05. The zero-order valence-corrected chi connectivity index (χ0v) is 12.1. The molecule has 3 rings (SSSR count). The molecule has 0 amide bonds. The minimum absolute atomic E-state index is 0.107. The van der Waals surface area contributed by atoms with Crippen LogP contribution in [0, 0.1) is 5.82 Å². The van der Waals surface area contributed by atoms with E-state index in [0.717, 1.165) is 21.6 Å². The molecule has 0 aliphatic carbocycles. The molecule has 1 atom stereocenters. The fourth-order valence-electron chi connectivity index (χ4n) is 2.18. The number of rotatable bonds is 3. The van der Waals surface area contributed by atoms with Crippen LogP contribution in [0.2, 0.25) is 0 Å². The molecule has 0 aliphatic rings. The Morgan fingerprint density at radius 3 is 2.65 bits per heavy atom. The third-order valence-electron chi connectivity index (χ3n) is 3.49. The first-order valence-corrected chi connectivity index (χ1v) is 7.21. The van der Waals surface area contributed by atoms with Crippen molar-refractivity contribution < 1.29 is 4.39 Å². The summed E-state index contributed by atoms with van der Waals surface area (Å²) >= 11 is 1.63. The average molecular weight is 287 g/mol. The van der Waals surface area contributed by atoms with Gasteiger partial charge in [-0.05, 0) is 36.1 Å². The molecule has 20 heavy (non-hydrogen) atoms. The van der Waals surface area contributed by atoms with Crippen LogP contribution in [0.4, 0.5) is 10.2 Å². The Hall–Kier alpha value is -2.01. The molecular formula is C15H14FN3S. The molecule has 1 aromatic carbocycles. The highest BCUT2D eigenvalue weighted by atomic mass is 32.1. The molecule has 5 heteroatoms. The van der Waals surface area contributed by atoms with Crippen LogP contribution in [-0.4, -0.2) is 17.0 Å². The lowest BCUT2D eigenvalue weighted by atomic mass is 10.1. The number of hydrogen-bond acceptors (Lipinski definition) is 4. The molecule has 0 bridgehead atoms. The maximum absolute atomic E-state index is 13.0. The molecule has 0 spiro atoms. The zero-order chi connectivity index (χ0) is 14.1. The predicted octanol–water partition coefficient (Wildman–Crippen LogP) is 4.03. The van der Waals surface area contributed by atoms with E-state index in [-0.39, 0.29) is 11.9 Å². The van der Waals surface area contributed by atoms with Crippen LogP contribution < -0.4 is 4.90 Å². The lowest BCUT2D eigenvalue weighted by Crippen LogP contribution is -2.22. The van der Waals surface area contributed by atoms with Crippen LogP contribution in [0.25, 0.3) is 10.2 Å². The Morgan fingerprint density at radius 1 is 1.15 bits per heavy atom. The number of halogens is 1. The molecule has 0 saturated carbocycles. The highest BCUT2D eigenvalue weighted by Crippen LogP contribution is 2.31. The van der Waals surface area contributed by atoms with Crippen molar-refractivity contribution >= 4 is 27.4 Å². The monoisotopic (exact) mass is 287 g/mol. The maximum atomic E-state index is 13.0. The van der Waals surface area contributed by atoms with E-state index in [1.54, 1.807) is 17.7 Å². The quantitative estimate of drug-likeness (QED) is 0.728. The van der Waals surface area contributed by atoms with E-state index in [0.29, 0.717) is 0 Å². The zero-order valence-electron chi connectivity index (χ0n) is 11.2. The molecule has 102 valence electrons. The Morgan fingerprint density at radius 2 is 1.90 bits per heavy atom. The predicted molar refractivity (Wildman–Crippen MR) is 80.6 cm³/mol. The van der Waals surface area contributed by atoms with Crippen molar-refractivity contribution in [3.63, 3.8) is 0 Å². The van der Waals surface area contributed by atoms with Crippen LogP contribution in [0.15, 0.2) is 42.0 Å². The van der Waals surface area contributed by atoms with E-state index in [4.69, 9.17) is 0 Å². The normalized spacial score (nSPS) is 12.6. The van der Waals surface area contributed by atoms with Gasteiger partial charge in [0.05, 0.1) is 16.3 Å². The van der Waals surface area contributed by atoms with Crippen LogP contribution >= 0.6 is 11.3 Å². The van der Waals surface area contributed by atoms with E-state index in [9.17, 15) is 4.39 Å². The number of nitrogens with zero attached hydrogens (tertiary/aromatic N) is 3. The molecular weight excluding hydrogens is 273 g/mol. The van der Waals surface area contributed by atoms with Gasteiger partial charge in [0, 0.05) is 7.05 Å². The van der Waals surface area contributed by atoms with E-state index < -0.39 is 0 Å². The molecule has 0 saturated heterocycles. The van der Waals surface area contributed by atoms with Crippen LogP contribution in [0.5, 0.6) is 0 Å². The number of anilines is 1. The van der Waals surface area contributed by atoms with Gasteiger partial charge in [-0.25, -0.2) is 14.4 Å². The third-order valence-corrected chi connectivity index (χ3v) is 4.39. The van der Waals surface area contributed by atoms with Gasteiger partial charge < -0.3 is 4.90 Å². The summed E-state index contributed by atoms with van der Waals surface area (Å²) in [6, 6.07) is 8.69. The summed E-state index contributed by atoms with van der Waals surface area (Å²) in [5.41, 5.74) is 2.01. The molecule has 0 fully saturated rings. The van der Waals surface area contributed by atoms with Gasteiger partial charge in [0.15, 0.2) is 0 Å². The molecule has 3 nitrogen and oxygen atoms in total. The standard InChI is InChI=1S/C15H14FN3S/c1-10(11-3-5-12(16)6-4-11)19(2)15-14-13(7-8-20-14)17-9-18-15/h3-10H,1-2H3/t10-/m0/s1. The van der Waals surface area contributed by atoms with Gasteiger partial charge in [-0.3, -0.25) is 0 Å². The Labute approximate surface area is 120 Å². The summed E-state index contributed by atoms with van der Waals surface area (Å²) in [6.45, 7) is 2.08. The minimum Gasteiger partial charge on any atom is -0.352 e. The van der Waals surface area contributed by atoms with Crippen molar-refractivity contribution in [3.05, 3.63) is 53.4 Å². The van der Waals surface area contributed by atoms with Gasteiger partial charge in [-0.15, -0.1) is 11.3 Å². The summed E-state index contributed by atoms with van der Waals surface area (Å²) in [5.74, 6) is 0.688. The number of hydrogen-bond donors (Lipinski definition) is 0. The Bertz CT molecular complexity index is 723. The van der Waals surface area contributed by atoms with Crippen LogP contribution in [0.3, 0.4) is 0 Å². The van der Waals surface area contributed by atoms with E-state index >= 15 is 0 Å². The topological polar surface area (TPSA) is 29.0 Å². The summed E-state index contributed by atoms with van der Waals surface area (Å²) in [6.07, 6.45) is 1.58. The van der Waals surface area contributed by atoms with Crippen molar-refractivity contribution in [2.45, 2.75) is 13.0 Å². The van der Waals surface area contributed by atoms with Gasteiger partial charge in [0.25, 0.3) is 0 Å². The number of aromatic nitrogens is 2. The Balaban J connectivity index is 1.97. The highest BCUT2D eigenvalue weighted by Gasteiger charge is 2.16. The molecule has 0 radical (unpaired) electrons. The lowest BCUT2D eigenvalue weighted by Gasteiger charge is -2.26. The summed E-state index contributed by atoms with van der Waals surface area (Å²) in [4.78, 5) is 10.7. The van der Waals surface area contributed by atoms with Crippen molar-refractivity contribution in [1.29, 1.82) is 0 Å². The van der Waals surface area contributed by atoms with Gasteiger partial charge >= 0.3 is 0 Å². The van der Waals surface area contributed by atoms with Crippen molar-refractivity contribution in [2.75, 3.05) is 11.9 Å². The number of thiophene rings is 1. The first-order valence-electron chi connectivity index (χ1n) is 6.33. The number of benzene rings is 1. The first-order chi connectivity index (χ1) is 9.66. The van der Waals surface area contributed by atoms with Gasteiger partial charge in [-0.1, -0.05) is 12.1 Å². The van der Waals surface area contributed by atoms with Gasteiger partial charge in [-0.2, -0.15) is 0 Å². The molecule has 2 aromatic heterocycles. The highest BCUT2D eigenvalue weighted by molar-refractivity contribution is 7.17. The van der Waals surface area contributed by atoms with Crippen LogP contribution in [0.1, 0.15) is 18.5 Å². The van der Waals surface area contributed by atoms with Crippen LogP contribution in [-0.2, 0) is 0 Å². The lowest BCUT2D eigenvalue weighted by molar-refractivity contribution is 0.625. The summed E-state index contributed by atoms with van der Waals surface area (Å²) in [5, 5.41) is 2.01. The second kappa shape index (κ2) is 5.17. The molecule has 0 N–H and O–H groups in total. The smallest absolute Gasteiger partial charge is 0.150 e. The minimum atomic E-state index is -0.216. The molecule has 0 unspecified atom stereocenters. The summed E-state index contributed by atoms with van der Waals surface area (Å²) in [7, 11) is 2.00. The van der Waals surface area contributed by atoms with Gasteiger partial charge in [0.2, 0.25) is 0 Å². The van der Waals surface area contributed by atoms with Crippen molar-refractivity contribution in [2.24, 2.45) is 0 Å². The second-order valence-electron chi connectivity index (χ2n) is 4.67. The van der Waals surface area contributed by atoms with E-state index in [1.165, 1.54) is 12.1 Å². The third kappa shape index (κ3) is 2.25. The average Bonchev–Trinajstić information content (AvgIpc) is 2.95. The number of fused-ring (bicyclic) bond motifs is 1. The maximum Gasteiger partial charge on any atom is 0.150 e. The second-order valence-corrected chi connectivity index (χ2v) is 5.59. The fraction of sp³-hybridized carbons (Fsp3) is 0.200. The van der Waals surface area contributed by atoms with E-state index in [1.807, 2.05) is 30.6 Å². The largest absolute Gasteiger partial charge is 0.352 e. The molecule has 3 aromatic rings.